The monoisotopic (exact) mass is 335 g/mol. The van der Waals surface area contributed by atoms with Gasteiger partial charge < -0.3 is 9.73 Å². The van der Waals surface area contributed by atoms with Crippen LogP contribution in [0.25, 0.3) is 11.1 Å². The summed E-state index contributed by atoms with van der Waals surface area (Å²) in [7, 11) is 0. The highest BCUT2D eigenvalue weighted by Gasteiger charge is 2.32. The fourth-order valence-electron chi connectivity index (χ4n) is 2.41. The van der Waals surface area contributed by atoms with Gasteiger partial charge in [-0.3, -0.25) is 4.98 Å². The molecule has 4 nitrogen and oxygen atoms in total. The van der Waals surface area contributed by atoms with Gasteiger partial charge in [0.05, 0.1) is 0 Å². The molecule has 0 saturated carbocycles. The summed E-state index contributed by atoms with van der Waals surface area (Å²) >= 11 is 0. The van der Waals surface area contributed by atoms with Crippen LogP contribution in [0.1, 0.15) is 22.7 Å². The Morgan fingerprint density at radius 2 is 2.04 bits per heavy atom. The summed E-state index contributed by atoms with van der Waals surface area (Å²) in [6.45, 7) is 2.84. The Balaban J connectivity index is 1.56. The minimum absolute atomic E-state index is 0.324. The number of alkyl halides is 3. The Kier molecular flexibility index (Phi) is 4.53. The van der Waals surface area contributed by atoms with Crippen LogP contribution < -0.4 is 5.32 Å². The SMILES string of the molecule is Cc1cccc2oc(CCNCc3ccnc(C(F)(F)F)c3)nc12. The molecule has 0 spiro atoms. The van der Waals surface area contributed by atoms with Crippen LogP contribution in [0.2, 0.25) is 0 Å². The summed E-state index contributed by atoms with van der Waals surface area (Å²) in [4.78, 5) is 7.78. The van der Waals surface area contributed by atoms with Crippen LogP contribution in [0.15, 0.2) is 40.9 Å². The molecule has 2 heterocycles. The number of rotatable bonds is 5. The number of nitrogens with one attached hydrogen (secondary N) is 1. The first-order chi connectivity index (χ1) is 11.4. The van der Waals surface area contributed by atoms with Gasteiger partial charge in [-0.1, -0.05) is 12.1 Å². The maximum Gasteiger partial charge on any atom is 0.433 e. The second-order valence-corrected chi connectivity index (χ2v) is 5.50. The second-order valence-electron chi connectivity index (χ2n) is 5.50. The zero-order valence-electron chi connectivity index (χ0n) is 13.0. The molecule has 0 aliphatic rings. The number of aromatic nitrogens is 2. The number of hydrogen-bond acceptors (Lipinski definition) is 4. The molecule has 0 saturated heterocycles. The van der Waals surface area contributed by atoms with Crippen LogP contribution in [0.5, 0.6) is 0 Å². The molecule has 7 heteroatoms. The highest BCUT2D eigenvalue weighted by atomic mass is 19.4. The second kappa shape index (κ2) is 6.60. The van der Waals surface area contributed by atoms with Gasteiger partial charge >= 0.3 is 6.18 Å². The van der Waals surface area contributed by atoms with Crippen LogP contribution in [0.4, 0.5) is 13.2 Å². The van der Waals surface area contributed by atoms with Crippen molar-refractivity contribution in [1.82, 2.24) is 15.3 Å². The molecule has 2 aromatic heterocycles. The van der Waals surface area contributed by atoms with E-state index in [9.17, 15) is 13.2 Å². The zero-order valence-corrected chi connectivity index (χ0v) is 13.0. The van der Waals surface area contributed by atoms with Gasteiger partial charge in [0.15, 0.2) is 11.5 Å². The number of pyridine rings is 1. The van der Waals surface area contributed by atoms with Crippen molar-refractivity contribution in [2.45, 2.75) is 26.1 Å². The van der Waals surface area contributed by atoms with Gasteiger partial charge in [-0.15, -0.1) is 0 Å². The van der Waals surface area contributed by atoms with Gasteiger partial charge in [0.25, 0.3) is 0 Å². The molecule has 0 unspecified atom stereocenters. The Morgan fingerprint density at radius 3 is 2.79 bits per heavy atom. The lowest BCUT2D eigenvalue weighted by molar-refractivity contribution is -0.141. The van der Waals surface area contributed by atoms with Crippen molar-refractivity contribution in [1.29, 1.82) is 0 Å². The van der Waals surface area contributed by atoms with Gasteiger partial charge in [-0.05, 0) is 36.2 Å². The number of nitrogens with zero attached hydrogens (tertiary/aromatic N) is 2. The maximum atomic E-state index is 12.6. The van der Waals surface area contributed by atoms with E-state index >= 15 is 0 Å². The molecular formula is C17H16F3N3O. The quantitative estimate of drug-likeness (QED) is 0.719. The van der Waals surface area contributed by atoms with Crippen molar-refractivity contribution in [3.63, 3.8) is 0 Å². The number of halogens is 3. The normalized spacial score (nSPS) is 12.0. The fraction of sp³-hybridized carbons (Fsp3) is 0.294. The molecule has 126 valence electrons. The zero-order chi connectivity index (χ0) is 17.2. The summed E-state index contributed by atoms with van der Waals surface area (Å²) in [6, 6.07) is 8.35. The maximum absolute atomic E-state index is 12.6. The molecule has 1 aromatic carbocycles. The topological polar surface area (TPSA) is 51.0 Å². The molecule has 0 atom stereocenters. The van der Waals surface area contributed by atoms with E-state index in [1.54, 1.807) is 6.07 Å². The van der Waals surface area contributed by atoms with Crippen LogP contribution in [0.3, 0.4) is 0 Å². The van der Waals surface area contributed by atoms with Crippen LogP contribution >= 0.6 is 0 Å². The first-order valence-electron chi connectivity index (χ1n) is 7.51. The number of benzene rings is 1. The molecule has 1 N–H and O–H groups in total. The van der Waals surface area contributed by atoms with E-state index in [1.165, 1.54) is 6.20 Å². The minimum atomic E-state index is -4.42. The van der Waals surface area contributed by atoms with E-state index in [1.807, 2.05) is 25.1 Å². The molecular weight excluding hydrogens is 319 g/mol. The lowest BCUT2D eigenvalue weighted by Crippen LogP contribution is -2.17. The van der Waals surface area contributed by atoms with Crippen LogP contribution in [0, 0.1) is 6.92 Å². The number of para-hydroxylation sites is 1. The first kappa shape index (κ1) is 16.4. The standard InChI is InChI=1S/C17H16F3N3O/c1-11-3-2-4-13-16(11)23-15(24-13)6-7-21-10-12-5-8-22-14(9-12)17(18,19)20/h2-5,8-9,21H,6-7,10H2,1H3. The molecule has 0 aliphatic heterocycles. The van der Waals surface area contributed by atoms with Crippen LogP contribution in [-0.2, 0) is 19.1 Å². The predicted molar refractivity (Wildman–Crippen MR) is 83.4 cm³/mol. The Morgan fingerprint density at radius 1 is 1.21 bits per heavy atom. The summed E-state index contributed by atoms with van der Waals surface area (Å²) in [5.74, 6) is 0.609. The van der Waals surface area contributed by atoms with E-state index in [0.717, 1.165) is 22.7 Å². The van der Waals surface area contributed by atoms with E-state index in [-0.39, 0.29) is 0 Å². The molecule has 24 heavy (non-hydrogen) atoms. The fourth-order valence-corrected chi connectivity index (χ4v) is 2.41. The van der Waals surface area contributed by atoms with Crippen molar-refractivity contribution in [3.05, 3.63) is 59.2 Å². The average molecular weight is 335 g/mol. The van der Waals surface area contributed by atoms with Gasteiger partial charge in [-0.25, -0.2) is 4.98 Å². The Hall–Kier alpha value is -2.41. The molecule has 3 rings (SSSR count). The molecule has 0 aliphatic carbocycles. The van der Waals surface area contributed by atoms with Crippen molar-refractivity contribution in [2.24, 2.45) is 0 Å². The van der Waals surface area contributed by atoms with Crippen molar-refractivity contribution < 1.29 is 17.6 Å². The third-order valence-corrected chi connectivity index (χ3v) is 3.62. The molecule has 0 fully saturated rings. The van der Waals surface area contributed by atoms with Crippen molar-refractivity contribution >= 4 is 11.1 Å². The van der Waals surface area contributed by atoms with Crippen molar-refractivity contribution in [3.8, 4) is 0 Å². The summed E-state index contributed by atoms with van der Waals surface area (Å²) in [5, 5.41) is 3.09. The first-order valence-corrected chi connectivity index (χ1v) is 7.51. The van der Waals surface area contributed by atoms with E-state index < -0.39 is 11.9 Å². The molecule has 0 radical (unpaired) electrons. The predicted octanol–water partition coefficient (Wildman–Crippen LogP) is 3.88. The molecule has 0 bridgehead atoms. The number of oxazole rings is 1. The molecule has 3 aromatic rings. The van der Waals surface area contributed by atoms with Gasteiger partial charge in [0.1, 0.15) is 11.2 Å². The lowest BCUT2D eigenvalue weighted by Gasteiger charge is -2.08. The summed E-state index contributed by atoms with van der Waals surface area (Å²) in [5.41, 5.74) is 2.29. The highest BCUT2D eigenvalue weighted by molar-refractivity contribution is 5.76. The third kappa shape index (κ3) is 3.73. The number of aryl methyl sites for hydroxylation is 1. The van der Waals surface area contributed by atoms with E-state index in [4.69, 9.17) is 4.42 Å². The molecule has 0 amide bonds. The van der Waals surface area contributed by atoms with Crippen LogP contribution in [-0.4, -0.2) is 16.5 Å². The average Bonchev–Trinajstić information content (AvgIpc) is 2.96. The third-order valence-electron chi connectivity index (χ3n) is 3.62. The Labute approximate surface area is 136 Å². The van der Waals surface area contributed by atoms with E-state index in [2.05, 4.69) is 15.3 Å². The van der Waals surface area contributed by atoms with Gasteiger partial charge in [0, 0.05) is 25.7 Å². The summed E-state index contributed by atoms with van der Waals surface area (Å²) < 4.78 is 43.5. The number of hydrogen-bond donors (Lipinski definition) is 1. The summed E-state index contributed by atoms with van der Waals surface area (Å²) in [6.07, 6.45) is -2.69. The smallest absolute Gasteiger partial charge is 0.433 e. The van der Waals surface area contributed by atoms with Gasteiger partial charge in [0.2, 0.25) is 0 Å². The van der Waals surface area contributed by atoms with Gasteiger partial charge in [-0.2, -0.15) is 13.2 Å². The Bertz CT molecular complexity index is 842. The van der Waals surface area contributed by atoms with Crippen molar-refractivity contribution in [2.75, 3.05) is 6.54 Å². The largest absolute Gasteiger partial charge is 0.441 e. The lowest BCUT2D eigenvalue weighted by atomic mass is 10.2. The van der Waals surface area contributed by atoms with E-state index in [0.29, 0.717) is 31.0 Å². The highest BCUT2D eigenvalue weighted by Crippen LogP contribution is 2.27. The minimum Gasteiger partial charge on any atom is -0.441 e. The number of fused-ring (bicyclic) bond motifs is 1.